The Morgan fingerprint density at radius 3 is 2.78 bits per heavy atom. The van der Waals surface area contributed by atoms with Crippen molar-refractivity contribution in [2.75, 3.05) is 13.6 Å². The molecule has 0 aromatic carbocycles. The fraction of sp³-hybridized carbons (Fsp3) is 0.526. The molecule has 3 aromatic rings. The van der Waals surface area contributed by atoms with E-state index in [-0.39, 0.29) is 17.9 Å². The van der Waals surface area contributed by atoms with Crippen LogP contribution in [-0.4, -0.2) is 43.6 Å². The molecular formula is C19H26N6OS. The molecular weight excluding hydrogens is 360 g/mol. The van der Waals surface area contributed by atoms with Crippen LogP contribution in [0, 0.1) is 26.7 Å². The molecule has 0 saturated carbocycles. The molecule has 3 aromatic heterocycles. The van der Waals surface area contributed by atoms with Crippen molar-refractivity contribution in [3.63, 3.8) is 0 Å². The summed E-state index contributed by atoms with van der Waals surface area (Å²) in [5.74, 6) is 0.435. The molecule has 0 unspecified atom stereocenters. The highest BCUT2D eigenvalue weighted by Gasteiger charge is 2.39. The molecule has 4 heterocycles. The van der Waals surface area contributed by atoms with Crippen LogP contribution in [0.5, 0.6) is 0 Å². The normalized spacial score (nSPS) is 20.3. The Morgan fingerprint density at radius 2 is 2.07 bits per heavy atom. The van der Waals surface area contributed by atoms with Crippen molar-refractivity contribution in [1.29, 1.82) is 0 Å². The first-order chi connectivity index (χ1) is 12.9. The molecule has 0 bridgehead atoms. The van der Waals surface area contributed by atoms with E-state index in [0.717, 1.165) is 35.0 Å². The first kappa shape index (κ1) is 18.2. The number of aryl methyl sites for hydroxylation is 3. The van der Waals surface area contributed by atoms with Crippen LogP contribution in [0.1, 0.15) is 40.0 Å². The van der Waals surface area contributed by atoms with E-state index in [1.807, 2.05) is 29.9 Å². The Balaban J connectivity index is 1.50. The van der Waals surface area contributed by atoms with E-state index in [4.69, 9.17) is 0 Å². The largest absolute Gasteiger partial charge is 0.338 e. The SMILES string of the molecule is Cc1cn2c(CNC[C@@H]3CC(=O)N(C)[C@H]3c3cnn(C)c3C)c(C)nc2s1. The monoisotopic (exact) mass is 386 g/mol. The minimum Gasteiger partial charge on any atom is -0.338 e. The summed E-state index contributed by atoms with van der Waals surface area (Å²) in [7, 11) is 3.84. The summed E-state index contributed by atoms with van der Waals surface area (Å²) in [5, 5.41) is 7.95. The van der Waals surface area contributed by atoms with E-state index in [0.29, 0.717) is 6.42 Å². The van der Waals surface area contributed by atoms with Crippen LogP contribution >= 0.6 is 11.3 Å². The number of rotatable bonds is 5. The first-order valence-corrected chi connectivity index (χ1v) is 10.1. The second-order valence-corrected chi connectivity index (χ2v) is 8.71. The predicted molar refractivity (Wildman–Crippen MR) is 106 cm³/mol. The van der Waals surface area contributed by atoms with Crippen molar-refractivity contribution in [2.24, 2.45) is 13.0 Å². The van der Waals surface area contributed by atoms with E-state index in [9.17, 15) is 4.79 Å². The molecule has 2 atom stereocenters. The second-order valence-electron chi connectivity index (χ2n) is 7.49. The van der Waals surface area contributed by atoms with Gasteiger partial charge < -0.3 is 10.2 Å². The molecule has 0 spiro atoms. The lowest BCUT2D eigenvalue weighted by Crippen LogP contribution is -2.29. The molecule has 1 amide bonds. The smallest absolute Gasteiger partial charge is 0.223 e. The van der Waals surface area contributed by atoms with Crippen LogP contribution < -0.4 is 5.32 Å². The zero-order chi connectivity index (χ0) is 19.3. The van der Waals surface area contributed by atoms with Crippen molar-refractivity contribution in [2.45, 2.75) is 39.8 Å². The topological polar surface area (TPSA) is 67.5 Å². The first-order valence-electron chi connectivity index (χ1n) is 9.25. The van der Waals surface area contributed by atoms with Gasteiger partial charge >= 0.3 is 0 Å². The Hall–Kier alpha value is -2.19. The van der Waals surface area contributed by atoms with Crippen LogP contribution in [0.3, 0.4) is 0 Å². The second kappa shape index (κ2) is 6.76. The maximum atomic E-state index is 12.4. The summed E-state index contributed by atoms with van der Waals surface area (Å²) >= 11 is 1.71. The number of aromatic nitrogens is 4. The van der Waals surface area contributed by atoms with Crippen molar-refractivity contribution in [3.05, 3.63) is 39.9 Å². The Labute approximate surface area is 163 Å². The number of hydrogen-bond acceptors (Lipinski definition) is 5. The molecule has 0 aliphatic carbocycles. The third kappa shape index (κ3) is 3.06. The predicted octanol–water partition coefficient (Wildman–Crippen LogP) is 2.36. The maximum absolute atomic E-state index is 12.4. The van der Waals surface area contributed by atoms with E-state index in [1.54, 1.807) is 11.3 Å². The lowest BCUT2D eigenvalue weighted by molar-refractivity contribution is -0.127. The summed E-state index contributed by atoms with van der Waals surface area (Å²) in [5.41, 5.74) is 4.52. The molecule has 4 rings (SSSR count). The molecule has 1 saturated heterocycles. The highest BCUT2D eigenvalue weighted by molar-refractivity contribution is 7.17. The van der Waals surface area contributed by atoms with Crippen molar-refractivity contribution in [1.82, 2.24) is 29.4 Å². The Bertz CT molecular complexity index is 1000. The van der Waals surface area contributed by atoms with Crippen LogP contribution in [0.15, 0.2) is 12.4 Å². The third-order valence-electron chi connectivity index (χ3n) is 5.73. The zero-order valence-electron chi connectivity index (χ0n) is 16.5. The number of hydrogen-bond donors (Lipinski definition) is 1. The van der Waals surface area contributed by atoms with Gasteiger partial charge in [-0.15, -0.1) is 11.3 Å². The number of thiazole rings is 1. The van der Waals surface area contributed by atoms with E-state index in [2.05, 4.69) is 46.8 Å². The third-order valence-corrected chi connectivity index (χ3v) is 6.62. The van der Waals surface area contributed by atoms with Crippen molar-refractivity contribution >= 4 is 22.2 Å². The van der Waals surface area contributed by atoms with Gasteiger partial charge in [0.1, 0.15) is 0 Å². The van der Waals surface area contributed by atoms with E-state index in [1.165, 1.54) is 10.6 Å². The van der Waals surface area contributed by atoms with Gasteiger partial charge in [0.2, 0.25) is 5.91 Å². The molecule has 7 nitrogen and oxygen atoms in total. The maximum Gasteiger partial charge on any atom is 0.223 e. The highest BCUT2D eigenvalue weighted by atomic mass is 32.1. The quantitative estimate of drug-likeness (QED) is 0.731. The van der Waals surface area contributed by atoms with Gasteiger partial charge in [0.15, 0.2) is 4.96 Å². The van der Waals surface area contributed by atoms with Crippen molar-refractivity contribution in [3.8, 4) is 0 Å². The molecule has 0 radical (unpaired) electrons. The molecule has 1 aliphatic rings. The van der Waals surface area contributed by atoms with Gasteiger partial charge in [0.25, 0.3) is 0 Å². The van der Waals surface area contributed by atoms with Crippen LogP contribution in [-0.2, 0) is 18.4 Å². The molecule has 1 fully saturated rings. The fourth-order valence-electron chi connectivity index (χ4n) is 4.10. The van der Waals surface area contributed by atoms with Crippen LogP contribution in [0.4, 0.5) is 0 Å². The Kier molecular flexibility index (Phi) is 4.55. The van der Waals surface area contributed by atoms with Gasteiger partial charge in [-0.3, -0.25) is 13.9 Å². The molecule has 27 heavy (non-hydrogen) atoms. The number of amides is 1. The van der Waals surface area contributed by atoms with Gasteiger partial charge in [-0.25, -0.2) is 4.98 Å². The summed E-state index contributed by atoms with van der Waals surface area (Å²) in [6.07, 6.45) is 4.62. The Morgan fingerprint density at radius 1 is 1.30 bits per heavy atom. The number of carbonyl (C=O) groups excluding carboxylic acids is 1. The highest BCUT2D eigenvalue weighted by Crippen LogP contribution is 2.37. The minimum atomic E-state index is 0.0775. The number of carbonyl (C=O) groups is 1. The lowest BCUT2D eigenvalue weighted by atomic mass is 9.94. The number of likely N-dealkylation sites (tertiary alicyclic amines) is 1. The number of nitrogens with one attached hydrogen (secondary N) is 1. The summed E-state index contributed by atoms with van der Waals surface area (Å²) < 4.78 is 4.05. The van der Waals surface area contributed by atoms with E-state index >= 15 is 0 Å². The van der Waals surface area contributed by atoms with Gasteiger partial charge in [0.05, 0.1) is 23.6 Å². The zero-order valence-corrected chi connectivity index (χ0v) is 17.3. The van der Waals surface area contributed by atoms with Crippen molar-refractivity contribution < 1.29 is 4.79 Å². The summed E-state index contributed by atoms with van der Waals surface area (Å²) in [6.45, 7) is 7.75. The average molecular weight is 387 g/mol. The van der Waals surface area contributed by atoms with Gasteiger partial charge in [-0.1, -0.05) is 0 Å². The molecule has 1 aliphatic heterocycles. The van der Waals surface area contributed by atoms with Crippen LogP contribution in [0.25, 0.3) is 4.96 Å². The van der Waals surface area contributed by atoms with Gasteiger partial charge in [0, 0.05) is 61.9 Å². The summed E-state index contributed by atoms with van der Waals surface area (Å²) in [4.78, 5) is 21.2. The molecule has 1 N–H and O–H groups in total. The minimum absolute atomic E-state index is 0.0775. The van der Waals surface area contributed by atoms with Gasteiger partial charge in [-0.2, -0.15) is 5.10 Å². The fourth-order valence-corrected chi connectivity index (χ4v) is 4.99. The standard InChI is InChI=1S/C19H26N6OS/c1-11-10-25-16(12(2)22-19(25)27-11)9-20-7-14-6-17(26)23(4)18(14)15-8-21-24(5)13(15)3/h8,10,14,18,20H,6-7,9H2,1-5H3/t14-,18+/m0/s1. The molecule has 144 valence electrons. The molecule has 8 heteroatoms. The van der Waals surface area contributed by atoms with E-state index < -0.39 is 0 Å². The lowest BCUT2D eigenvalue weighted by Gasteiger charge is -2.25. The number of fused-ring (bicyclic) bond motifs is 1. The van der Waals surface area contributed by atoms with Crippen LogP contribution in [0.2, 0.25) is 0 Å². The number of nitrogens with zero attached hydrogens (tertiary/aromatic N) is 5. The summed E-state index contributed by atoms with van der Waals surface area (Å²) in [6, 6.07) is 0.0775. The van der Waals surface area contributed by atoms with Gasteiger partial charge in [-0.05, 0) is 20.8 Å². The average Bonchev–Trinajstić information content (AvgIpc) is 3.29. The number of imidazole rings is 1.